The maximum absolute atomic E-state index is 11.9. The Balaban J connectivity index is 1.03. The summed E-state index contributed by atoms with van der Waals surface area (Å²) in [5.41, 5.74) is 1.28. The fraction of sp³-hybridized carbons (Fsp3) is 0.909. The molecule has 25 unspecified atom stereocenters. The number of allylic oxidation sites excluding steroid dienone is 1. The highest BCUT2D eigenvalue weighted by Crippen LogP contribution is 2.71. The van der Waals surface area contributed by atoms with Gasteiger partial charge in [0.25, 0.3) is 0 Å². The van der Waals surface area contributed by atoms with E-state index >= 15 is 0 Å². The molecular formula is C44H68O20S. The highest BCUT2D eigenvalue weighted by molar-refractivity contribution is 7.80. The molecule has 5 aliphatic heterocycles. The lowest BCUT2D eigenvalue weighted by Gasteiger charge is -2.61. The smallest absolute Gasteiger partial charge is 0.394 e. The first-order chi connectivity index (χ1) is 30.6. The van der Waals surface area contributed by atoms with Crippen LogP contribution >= 0.6 is 0 Å². The minimum Gasteiger partial charge on any atom is -0.394 e. The van der Waals surface area contributed by atoms with Gasteiger partial charge in [-0.05, 0) is 74.5 Å². The summed E-state index contributed by atoms with van der Waals surface area (Å²) >= 11 is 0. The first kappa shape index (κ1) is 48.7. The molecule has 0 aromatic heterocycles. The van der Waals surface area contributed by atoms with Gasteiger partial charge in [0.2, 0.25) is 0 Å². The Kier molecular flexibility index (Phi) is 13.4. The van der Waals surface area contributed by atoms with Gasteiger partial charge in [0, 0.05) is 24.2 Å². The molecule has 0 amide bonds. The minimum absolute atomic E-state index is 0.0191. The number of fused-ring (bicyclic) bond motifs is 7. The molecule has 5 heterocycles. The zero-order chi connectivity index (χ0) is 46.7. The largest absolute Gasteiger partial charge is 0.397 e. The average molecular weight is 949 g/mol. The fourth-order valence-corrected chi connectivity index (χ4v) is 14.4. The molecule has 370 valence electrons. The molecule has 9 aliphatic rings. The van der Waals surface area contributed by atoms with E-state index in [0.29, 0.717) is 13.0 Å². The van der Waals surface area contributed by atoms with E-state index in [0.717, 1.165) is 49.7 Å². The predicted molar refractivity (Wildman–Crippen MR) is 220 cm³/mol. The van der Waals surface area contributed by atoms with Crippen molar-refractivity contribution in [2.45, 2.75) is 189 Å². The molecule has 4 aliphatic carbocycles. The van der Waals surface area contributed by atoms with Crippen LogP contribution in [0.25, 0.3) is 0 Å². The quantitative estimate of drug-likeness (QED) is 0.105. The van der Waals surface area contributed by atoms with Crippen LogP contribution in [0.5, 0.6) is 0 Å². The van der Waals surface area contributed by atoms with Crippen LogP contribution in [0.4, 0.5) is 0 Å². The van der Waals surface area contributed by atoms with E-state index in [-0.39, 0.29) is 47.5 Å². The number of hydrogen-bond acceptors (Lipinski definition) is 19. The van der Waals surface area contributed by atoms with Gasteiger partial charge in [-0.1, -0.05) is 44.6 Å². The molecular weight excluding hydrogens is 881 g/mol. The van der Waals surface area contributed by atoms with Crippen LogP contribution in [-0.4, -0.2) is 184 Å². The zero-order valence-corrected chi connectivity index (χ0v) is 38.0. The molecule has 8 fully saturated rings. The lowest BCUT2D eigenvalue weighted by Crippen LogP contribution is -2.64. The number of hydrogen-bond donors (Lipinski definition) is 9. The highest BCUT2D eigenvalue weighted by atomic mass is 32.3. The van der Waals surface area contributed by atoms with E-state index in [1.165, 1.54) is 6.92 Å². The fourth-order valence-electron chi connectivity index (χ4n) is 13.9. The second-order valence-electron chi connectivity index (χ2n) is 20.8. The Hall–Kier alpha value is -1.29. The Morgan fingerprint density at radius 1 is 0.846 bits per heavy atom. The summed E-state index contributed by atoms with van der Waals surface area (Å²) in [6, 6.07) is 0. The van der Waals surface area contributed by atoms with Crippen molar-refractivity contribution in [2.24, 2.45) is 40.4 Å². The van der Waals surface area contributed by atoms with E-state index in [2.05, 4.69) is 33.4 Å². The molecule has 21 heteroatoms. The van der Waals surface area contributed by atoms with Gasteiger partial charge in [-0.2, -0.15) is 8.42 Å². The zero-order valence-electron chi connectivity index (χ0n) is 37.2. The molecule has 9 rings (SSSR count). The van der Waals surface area contributed by atoms with E-state index < -0.39 is 133 Å². The topological polar surface area (TPSA) is 299 Å². The molecule has 20 nitrogen and oxygen atoms in total. The maximum Gasteiger partial charge on any atom is 0.397 e. The van der Waals surface area contributed by atoms with Gasteiger partial charge in [-0.25, -0.2) is 4.18 Å². The van der Waals surface area contributed by atoms with Crippen LogP contribution in [0.1, 0.15) is 79.1 Å². The van der Waals surface area contributed by atoms with Gasteiger partial charge in [0.15, 0.2) is 24.7 Å². The normalized spacial score (nSPS) is 54.7. The molecule has 5 saturated heterocycles. The van der Waals surface area contributed by atoms with Gasteiger partial charge >= 0.3 is 10.4 Å². The van der Waals surface area contributed by atoms with Crippen LogP contribution in [0.3, 0.4) is 0 Å². The third kappa shape index (κ3) is 8.32. The number of aliphatic hydroxyl groups excluding tert-OH is 8. The summed E-state index contributed by atoms with van der Waals surface area (Å²) < 4.78 is 88.6. The van der Waals surface area contributed by atoms with Gasteiger partial charge in [-0.3, -0.25) is 4.55 Å². The molecule has 0 aromatic carbocycles. The first-order valence-electron chi connectivity index (χ1n) is 23.2. The molecule has 1 spiro atoms. The second-order valence-corrected chi connectivity index (χ2v) is 21.8. The van der Waals surface area contributed by atoms with Crippen molar-refractivity contribution < 1.29 is 95.9 Å². The van der Waals surface area contributed by atoms with Crippen LogP contribution in [0, 0.1) is 40.4 Å². The lowest BCUT2D eigenvalue weighted by molar-refractivity contribution is -0.363. The average Bonchev–Trinajstić information content (AvgIpc) is 3.71. The molecule has 0 radical (unpaired) electrons. The van der Waals surface area contributed by atoms with Gasteiger partial charge < -0.3 is 78.7 Å². The van der Waals surface area contributed by atoms with E-state index in [9.17, 15) is 53.8 Å². The van der Waals surface area contributed by atoms with Crippen LogP contribution in [0.2, 0.25) is 0 Å². The first-order valence-corrected chi connectivity index (χ1v) is 24.6. The Morgan fingerprint density at radius 3 is 2.23 bits per heavy atom. The number of rotatable bonds is 9. The third-order valence-corrected chi connectivity index (χ3v) is 17.9. The molecule has 0 bridgehead atoms. The second kappa shape index (κ2) is 17.8. The summed E-state index contributed by atoms with van der Waals surface area (Å²) in [5.74, 6) is 0.334. The van der Waals surface area contributed by atoms with Crippen molar-refractivity contribution in [3.8, 4) is 0 Å². The summed E-state index contributed by atoms with van der Waals surface area (Å²) in [6.45, 7) is 11.6. The standard InChI is InChI=1S/C44H68O20S/c1-18-8-11-44(57-16-18)19(2)30-26(63-44)14-25-23-7-6-21-12-22(59-40-37(52)35(50)32(47)27(15-45)60-40)13-29(43(21,5)24(23)9-10-42(25,30)4)61-41-38(33(48)28(17-56-41)64-65(53,54)55)62-39-36(51)34(49)31(46)20(3)58-39/h6,19-20,22-41,45-52H,1,7-17H2,2-5H3,(H,53,54,55). The number of aliphatic hydroxyl groups is 8. The van der Waals surface area contributed by atoms with Crippen molar-refractivity contribution in [1.29, 1.82) is 0 Å². The summed E-state index contributed by atoms with van der Waals surface area (Å²) in [6.07, 6.45) is -16.0. The Labute approximate surface area is 378 Å². The SMILES string of the molecule is C=C1CCC2(OC1)OC1CC3C4CC=C5CC(OC6OC(CO)C(O)C(O)C6O)CC(OC6OCC(OS(=O)(=O)O)C(O)C6OC6OC(C)C(O)C(O)C6O)C5(C)C4CCC3(C)C1C2C. The predicted octanol–water partition coefficient (Wildman–Crippen LogP) is -0.429. The monoisotopic (exact) mass is 948 g/mol. The highest BCUT2D eigenvalue weighted by Gasteiger charge is 2.70. The van der Waals surface area contributed by atoms with Gasteiger partial charge in [0.05, 0.1) is 44.2 Å². The van der Waals surface area contributed by atoms with Crippen molar-refractivity contribution in [3.63, 3.8) is 0 Å². The van der Waals surface area contributed by atoms with E-state index in [4.69, 9.17) is 42.1 Å². The van der Waals surface area contributed by atoms with Crippen LogP contribution < -0.4 is 0 Å². The minimum atomic E-state index is -5.12. The van der Waals surface area contributed by atoms with Gasteiger partial charge in [0.1, 0.15) is 61.0 Å². The van der Waals surface area contributed by atoms with Crippen molar-refractivity contribution in [3.05, 3.63) is 23.8 Å². The molecule has 0 aromatic rings. The van der Waals surface area contributed by atoms with Crippen molar-refractivity contribution in [2.75, 3.05) is 19.8 Å². The summed E-state index contributed by atoms with van der Waals surface area (Å²) in [7, 11) is -5.12. The summed E-state index contributed by atoms with van der Waals surface area (Å²) in [4.78, 5) is 0. The Morgan fingerprint density at radius 2 is 1.55 bits per heavy atom. The van der Waals surface area contributed by atoms with Crippen molar-refractivity contribution >= 4 is 10.4 Å². The van der Waals surface area contributed by atoms with E-state index in [1.54, 1.807) is 0 Å². The van der Waals surface area contributed by atoms with Crippen LogP contribution in [-0.2, 0) is 52.5 Å². The molecule has 25 atom stereocenters. The van der Waals surface area contributed by atoms with Gasteiger partial charge in [-0.15, -0.1) is 0 Å². The summed E-state index contributed by atoms with van der Waals surface area (Å²) in [5, 5.41) is 85.7. The lowest BCUT2D eigenvalue weighted by atomic mass is 9.46. The van der Waals surface area contributed by atoms with Crippen LogP contribution in [0.15, 0.2) is 23.8 Å². The van der Waals surface area contributed by atoms with Crippen molar-refractivity contribution in [1.82, 2.24) is 0 Å². The molecule has 9 N–H and O–H groups in total. The molecule has 3 saturated carbocycles. The molecule has 65 heavy (non-hydrogen) atoms. The number of ether oxygens (including phenoxy) is 8. The third-order valence-electron chi connectivity index (χ3n) is 17.4. The van der Waals surface area contributed by atoms with E-state index in [1.807, 2.05) is 0 Å². The maximum atomic E-state index is 11.9. The Bertz CT molecular complexity index is 1890.